The zero-order valence-corrected chi connectivity index (χ0v) is 12.6. The lowest BCUT2D eigenvalue weighted by atomic mass is 10.2. The molecule has 23 heavy (non-hydrogen) atoms. The van der Waals surface area contributed by atoms with Gasteiger partial charge >= 0.3 is 6.09 Å². The van der Waals surface area contributed by atoms with Gasteiger partial charge in [0.2, 0.25) is 0 Å². The second kappa shape index (κ2) is 6.36. The number of aromatic nitrogens is 1. The molecule has 0 aliphatic carbocycles. The summed E-state index contributed by atoms with van der Waals surface area (Å²) >= 11 is 0. The first-order chi connectivity index (χ1) is 11.2. The van der Waals surface area contributed by atoms with Crippen LogP contribution in [0.15, 0.2) is 54.7 Å². The molecule has 1 heterocycles. The monoisotopic (exact) mass is 309 g/mol. The molecular formula is C18H15NO4. The van der Waals surface area contributed by atoms with Crippen LogP contribution in [-0.2, 0) is 11.3 Å². The lowest BCUT2D eigenvalue weighted by molar-refractivity contribution is 0.112. The fraction of sp³-hybridized carbons (Fsp3) is 0.111. The quantitative estimate of drug-likeness (QED) is 0.690. The number of hydrogen-bond donors (Lipinski definition) is 0. The van der Waals surface area contributed by atoms with E-state index < -0.39 is 6.09 Å². The van der Waals surface area contributed by atoms with Crippen LogP contribution in [-0.4, -0.2) is 24.1 Å². The van der Waals surface area contributed by atoms with E-state index in [0.717, 1.165) is 11.8 Å². The average Bonchev–Trinajstić information content (AvgIpc) is 2.98. The number of carbonyl (C=O) groups is 2. The van der Waals surface area contributed by atoms with E-state index in [2.05, 4.69) is 0 Å². The molecule has 0 saturated carbocycles. The van der Waals surface area contributed by atoms with E-state index in [1.807, 2.05) is 30.3 Å². The minimum Gasteiger partial charge on any atom is -0.497 e. The molecule has 5 heteroatoms. The van der Waals surface area contributed by atoms with Crippen molar-refractivity contribution in [3.8, 4) is 5.75 Å². The van der Waals surface area contributed by atoms with E-state index in [1.165, 1.54) is 10.8 Å². The molecule has 0 atom stereocenters. The van der Waals surface area contributed by atoms with Gasteiger partial charge in [-0.25, -0.2) is 4.79 Å². The van der Waals surface area contributed by atoms with Crippen molar-refractivity contribution in [1.82, 2.24) is 4.57 Å². The van der Waals surface area contributed by atoms with Crippen molar-refractivity contribution in [2.75, 3.05) is 7.11 Å². The lowest BCUT2D eigenvalue weighted by Gasteiger charge is -2.07. The highest BCUT2D eigenvalue weighted by atomic mass is 16.5. The summed E-state index contributed by atoms with van der Waals surface area (Å²) in [4.78, 5) is 23.5. The maximum absolute atomic E-state index is 12.3. The second-order valence-electron chi connectivity index (χ2n) is 5.00. The van der Waals surface area contributed by atoms with Gasteiger partial charge in [-0.05, 0) is 17.7 Å². The summed E-state index contributed by atoms with van der Waals surface area (Å²) in [7, 11) is 1.54. The van der Waals surface area contributed by atoms with Gasteiger partial charge in [-0.2, -0.15) is 0 Å². The molecule has 116 valence electrons. The third-order valence-electron chi connectivity index (χ3n) is 3.57. The Labute approximate surface area is 133 Å². The number of rotatable bonds is 4. The molecule has 0 radical (unpaired) electrons. The molecule has 0 N–H and O–H groups in total. The van der Waals surface area contributed by atoms with Crippen LogP contribution in [0.1, 0.15) is 15.9 Å². The molecule has 5 nitrogen and oxygen atoms in total. The fourth-order valence-electron chi connectivity index (χ4n) is 2.39. The first kappa shape index (κ1) is 14.8. The Morgan fingerprint density at radius 1 is 1.17 bits per heavy atom. The summed E-state index contributed by atoms with van der Waals surface area (Å²) in [6, 6.07) is 14.6. The van der Waals surface area contributed by atoms with Gasteiger partial charge in [0.25, 0.3) is 0 Å². The molecule has 0 spiro atoms. The van der Waals surface area contributed by atoms with Crippen molar-refractivity contribution in [3.63, 3.8) is 0 Å². The topological polar surface area (TPSA) is 57.5 Å². The van der Waals surface area contributed by atoms with Crippen LogP contribution in [0.4, 0.5) is 4.79 Å². The summed E-state index contributed by atoms with van der Waals surface area (Å²) in [5.41, 5.74) is 1.90. The zero-order chi connectivity index (χ0) is 16.2. The number of carbonyl (C=O) groups excluding carboxylic acids is 2. The minimum atomic E-state index is -0.541. The summed E-state index contributed by atoms with van der Waals surface area (Å²) in [6.45, 7) is 0.166. The van der Waals surface area contributed by atoms with Gasteiger partial charge < -0.3 is 9.47 Å². The molecule has 2 aromatic carbocycles. The van der Waals surface area contributed by atoms with E-state index in [1.54, 1.807) is 25.3 Å². The maximum Gasteiger partial charge on any atom is 0.418 e. The predicted molar refractivity (Wildman–Crippen MR) is 85.9 cm³/mol. The van der Waals surface area contributed by atoms with Crippen LogP contribution >= 0.6 is 0 Å². The van der Waals surface area contributed by atoms with Gasteiger partial charge in [-0.15, -0.1) is 0 Å². The third-order valence-corrected chi connectivity index (χ3v) is 3.57. The normalized spacial score (nSPS) is 10.5. The summed E-state index contributed by atoms with van der Waals surface area (Å²) in [5.74, 6) is 0.602. The van der Waals surface area contributed by atoms with Gasteiger partial charge in [0.1, 0.15) is 12.4 Å². The highest BCUT2D eigenvalue weighted by Gasteiger charge is 2.15. The molecule has 0 fully saturated rings. The Hall–Kier alpha value is -3.08. The van der Waals surface area contributed by atoms with Gasteiger partial charge in [0, 0.05) is 23.2 Å². The van der Waals surface area contributed by atoms with Gasteiger partial charge in [0.05, 0.1) is 12.6 Å². The van der Waals surface area contributed by atoms with Crippen LogP contribution in [0.5, 0.6) is 5.75 Å². The molecule has 0 aliphatic heterocycles. The number of hydrogen-bond acceptors (Lipinski definition) is 4. The smallest absolute Gasteiger partial charge is 0.418 e. The Balaban J connectivity index is 1.91. The number of ether oxygens (including phenoxy) is 2. The van der Waals surface area contributed by atoms with E-state index >= 15 is 0 Å². The zero-order valence-electron chi connectivity index (χ0n) is 12.6. The second-order valence-corrected chi connectivity index (χ2v) is 5.00. The van der Waals surface area contributed by atoms with Crippen molar-refractivity contribution >= 4 is 23.3 Å². The molecule has 0 amide bonds. The van der Waals surface area contributed by atoms with Crippen LogP contribution in [0, 0.1) is 0 Å². The van der Waals surface area contributed by atoms with Gasteiger partial charge in [-0.3, -0.25) is 9.36 Å². The highest BCUT2D eigenvalue weighted by Crippen LogP contribution is 2.25. The number of benzene rings is 2. The third kappa shape index (κ3) is 2.94. The van der Waals surface area contributed by atoms with E-state index in [0.29, 0.717) is 22.2 Å². The van der Waals surface area contributed by atoms with E-state index in [-0.39, 0.29) is 6.61 Å². The Kier molecular flexibility index (Phi) is 4.10. The SMILES string of the molecule is COc1ccc2c(C=O)cn(C(=O)OCc3ccccc3)c2c1. The first-order valence-electron chi connectivity index (χ1n) is 7.08. The lowest BCUT2D eigenvalue weighted by Crippen LogP contribution is -2.12. The molecule has 0 aliphatic rings. The first-order valence-corrected chi connectivity index (χ1v) is 7.08. The van der Waals surface area contributed by atoms with Gasteiger partial charge in [-0.1, -0.05) is 30.3 Å². The highest BCUT2D eigenvalue weighted by molar-refractivity contribution is 6.01. The maximum atomic E-state index is 12.3. The Bertz CT molecular complexity index is 852. The number of nitrogens with zero attached hydrogens (tertiary/aromatic N) is 1. The molecule has 3 aromatic rings. The predicted octanol–water partition coefficient (Wildman–Crippen LogP) is 3.65. The van der Waals surface area contributed by atoms with Crippen LogP contribution in [0.2, 0.25) is 0 Å². The number of aldehydes is 1. The van der Waals surface area contributed by atoms with Crippen molar-refractivity contribution in [1.29, 1.82) is 0 Å². The van der Waals surface area contributed by atoms with Crippen molar-refractivity contribution < 1.29 is 19.1 Å². The molecule has 3 rings (SSSR count). The number of methoxy groups -OCH3 is 1. The standard InChI is InChI=1S/C18H15NO4/c1-22-15-7-8-16-14(11-20)10-19(17(16)9-15)18(21)23-12-13-5-3-2-4-6-13/h2-11H,12H2,1H3. The van der Waals surface area contributed by atoms with Gasteiger partial charge in [0.15, 0.2) is 6.29 Å². The molecule has 0 bridgehead atoms. The van der Waals surface area contributed by atoms with Crippen LogP contribution in [0.25, 0.3) is 10.9 Å². The molecule has 1 aromatic heterocycles. The van der Waals surface area contributed by atoms with Crippen LogP contribution in [0.3, 0.4) is 0 Å². The molecule has 0 saturated heterocycles. The average molecular weight is 309 g/mol. The summed E-state index contributed by atoms with van der Waals surface area (Å²) in [5, 5.41) is 0.678. The minimum absolute atomic E-state index is 0.166. The summed E-state index contributed by atoms with van der Waals surface area (Å²) < 4.78 is 11.8. The Morgan fingerprint density at radius 3 is 2.65 bits per heavy atom. The molecule has 0 unspecified atom stereocenters. The van der Waals surface area contributed by atoms with Crippen molar-refractivity contribution in [3.05, 3.63) is 65.9 Å². The van der Waals surface area contributed by atoms with E-state index in [4.69, 9.17) is 9.47 Å². The van der Waals surface area contributed by atoms with Crippen LogP contribution < -0.4 is 4.74 Å². The fourth-order valence-corrected chi connectivity index (χ4v) is 2.39. The molecular weight excluding hydrogens is 294 g/mol. The van der Waals surface area contributed by atoms with Crippen molar-refractivity contribution in [2.24, 2.45) is 0 Å². The van der Waals surface area contributed by atoms with Crippen molar-refractivity contribution in [2.45, 2.75) is 6.61 Å². The largest absolute Gasteiger partial charge is 0.497 e. The number of fused-ring (bicyclic) bond motifs is 1. The van der Waals surface area contributed by atoms with E-state index in [9.17, 15) is 9.59 Å². The summed E-state index contributed by atoms with van der Waals surface area (Å²) in [6.07, 6.45) is 1.65. The Morgan fingerprint density at radius 2 is 1.96 bits per heavy atom.